The summed E-state index contributed by atoms with van der Waals surface area (Å²) in [5.74, 6) is -1.25. The highest BCUT2D eigenvalue weighted by atomic mass is 31.2. The summed E-state index contributed by atoms with van der Waals surface area (Å²) in [6.45, 7) is 7.15. The molecule has 0 aliphatic carbocycles. The lowest BCUT2D eigenvalue weighted by molar-refractivity contribution is -0.161. The summed E-state index contributed by atoms with van der Waals surface area (Å²) in [5.41, 5.74) is 8.19. The van der Waals surface area contributed by atoms with Gasteiger partial charge in [0.2, 0.25) is 5.91 Å². The van der Waals surface area contributed by atoms with Crippen molar-refractivity contribution < 1.29 is 66.0 Å². The van der Waals surface area contributed by atoms with Gasteiger partial charge in [-0.1, -0.05) is 173 Å². The van der Waals surface area contributed by atoms with Crippen molar-refractivity contribution >= 4 is 25.7 Å². The summed E-state index contributed by atoms with van der Waals surface area (Å²) in [4.78, 5) is 50.6. The molecule has 0 aliphatic rings. The van der Waals surface area contributed by atoms with Crippen molar-refractivity contribution in [2.45, 2.75) is 206 Å². The van der Waals surface area contributed by atoms with Gasteiger partial charge in [0.25, 0.3) is 0 Å². The molecule has 0 fully saturated rings. The Morgan fingerprint density at radius 2 is 0.899 bits per heavy atom. The number of nitrogens with one attached hydrogen (secondary N) is 1. The molecule has 18 nitrogen and oxygen atoms in total. The fourth-order valence-corrected chi connectivity index (χ4v) is 7.90. The van der Waals surface area contributed by atoms with Crippen LogP contribution in [0.15, 0.2) is 5.11 Å². The second-order valence-corrected chi connectivity index (χ2v) is 18.9. The first-order valence-electron chi connectivity index (χ1n) is 26.9. The van der Waals surface area contributed by atoms with E-state index in [1.165, 1.54) is 116 Å². The van der Waals surface area contributed by atoms with Gasteiger partial charge >= 0.3 is 19.8 Å². The molecule has 0 bridgehead atoms. The van der Waals surface area contributed by atoms with Crippen molar-refractivity contribution in [1.82, 2.24) is 5.32 Å². The van der Waals surface area contributed by atoms with Gasteiger partial charge in [-0.3, -0.25) is 23.4 Å². The summed E-state index contributed by atoms with van der Waals surface area (Å²) >= 11 is 0. The largest absolute Gasteiger partial charge is 0.472 e. The molecule has 1 amide bonds. The minimum Gasteiger partial charge on any atom is -0.462 e. The van der Waals surface area contributed by atoms with Gasteiger partial charge in [-0.15, -0.1) is 0 Å². The van der Waals surface area contributed by atoms with Crippen LogP contribution in [0.3, 0.4) is 0 Å². The van der Waals surface area contributed by atoms with Gasteiger partial charge in [0.15, 0.2) is 6.10 Å². The quantitative estimate of drug-likeness (QED) is 0.0144. The molecule has 406 valence electrons. The summed E-state index contributed by atoms with van der Waals surface area (Å²) in [5, 5.41) is 5.97. The Hall–Kier alpha value is -2.37. The van der Waals surface area contributed by atoms with Crippen molar-refractivity contribution in [2.24, 2.45) is 5.11 Å². The summed E-state index contributed by atoms with van der Waals surface area (Å²) in [7, 11) is -4.60. The SMILES string of the molecule is CCCCCCCCCCCCCCCC(=O)OC[C@H](COP(=O)(O)OCCNC(=O)CCOCCOCCOCCOCCOCCN=[N+]=[N-])OC(=O)CCCCCCCCCCCCCCC. The van der Waals surface area contributed by atoms with Crippen LogP contribution in [0, 0.1) is 0 Å². The Morgan fingerprint density at radius 1 is 0.507 bits per heavy atom. The number of azide groups is 1. The number of phosphoric ester groups is 1. The maximum Gasteiger partial charge on any atom is 0.472 e. The minimum absolute atomic E-state index is 0.0537. The fourth-order valence-electron chi connectivity index (χ4n) is 7.14. The van der Waals surface area contributed by atoms with Gasteiger partial charge in [-0.25, -0.2) is 4.57 Å². The summed E-state index contributed by atoms with van der Waals surface area (Å²) in [6.07, 6.45) is 30.4. The van der Waals surface area contributed by atoms with Crippen LogP contribution in [0.1, 0.15) is 200 Å². The predicted molar refractivity (Wildman–Crippen MR) is 269 cm³/mol. The van der Waals surface area contributed by atoms with Gasteiger partial charge in [-0.05, 0) is 18.4 Å². The molecule has 0 saturated heterocycles. The van der Waals surface area contributed by atoms with Crippen LogP contribution in [-0.2, 0) is 61.2 Å². The Kier molecular flexibility index (Phi) is 51.6. The first kappa shape index (κ1) is 66.6. The monoisotopic (exact) mass is 1010 g/mol. The molecule has 1 unspecified atom stereocenters. The van der Waals surface area contributed by atoms with E-state index in [-0.39, 0.29) is 51.5 Å². The number of hydrogen-bond donors (Lipinski definition) is 2. The van der Waals surface area contributed by atoms with E-state index < -0.39 is 32.5 Å². The van der Waals surface area contributed by atoms with E-state index in [0.29, 0.717) is 78.8 Å². The van der Waals surface area contributed by atoms with Crippen LogP contribution in [0.2, 0.25) is 0 Å². The van der Waals surface area contributed by atoms with Gasteiger partial charge < -0.3 is 43.4 Å². The number of carbonyl (C=O) groups is 3. The van der Waals surface area contributed by atoms with E-state index in [2.05, 4.69) is 29.2 Å². The number of phosphoric acid groups is 1. The van der Waals surface area contributed by atoms with Crippen LogP contribution < -0.4 is 5.32 Å². The molecule has 0 aliphatic heterocycles. The van der Waals surface area contributed by atoms with Crippen molar-refractivity contribution in [2.75, 3.05) is 99.0 Å². The number of hydrogen-bond acceptors (Lipinski definition) is 14. The van der Waals surface area contributed by atoms with Crippen LogP contribution in [-0.4, -0.2) is 128 Å². The number of unbranched alkanes of at least 4 members (excludes halogenated alkanes) is 24. The molecule has 0 radical (unpaired) electrons. The van der Waals surface area contributed by atoms with Gasteiger partial charge in [-0.2, -0.15) is 0 Å². The lowest BCUT2D eigenvalue weighted by Crippen LogP contribution is -2.30. The third-order valence-electron chi connectivity index (χ3n) is 11.2. The molecule has 69 heavy (non-hydrogen) atoms. The highest BCUT2D eigenvalue weighted by Crippen LogP contribution is 2.43. The smallest absolute Gasteiger partial charge is 0.462 e. The molecular formula is C50H97N4O14P. The predicted octanol–water partition coefficient (Wildman–Crippen LogP) is 11.4. The van der Waals surface area contributed by atoms with E-state index in [1.54, 1.807) is 0 Å². The van der Waals surface area contributed by atoms with Gasteiger partial charge in [0.1, 0.15) is 6.61 Å². The standard InChI is InChI=1S/C50H97N4O14P/c1-3-5-7-9-11-13-15-17-19-21-23-25-27-29-49(56)65-45-47(68-50(57)30-28-26-24-22-20-18-16-14-12-10-8-6-4-2)46-67-69(58,59)66-36-32-52-48(55)31-34-60-37-39-62-41-43-64-44-42-63-40-38-61-35-33-53-54-51/h47H,3-46H2,1-2H3,(H,52,55)(H,58,59)/t47-/m1/s1. The van der Waals surface area contributed by atoms with Crippen LogP contribution in [0.5, 0.6) is 0 Å². The van der Waals surface area contributed by atoms with Crippen LogP contribution in [0.4, 0.5) is 0 Å². The molecule has 0 aromatic heterocycles. The van der Waals surface area contributed by atoms with E-state index in [1.807, 2.05) is 0 Å². The second-order valence-electron chi connectivity index (χ2n) is 17.5. The van der Waals surface area contributed by atoms with E-state index >= 15 is 0 Å². The third-order valence-corrected chi connectivity index (χ3v) is 12.1. The zero-order valence-corrected chi connectivity index (χ0v) is 44.1. The Morgan fingerprint density at radius 3 is 1.33 bits per heavy atom. The molecule has 0 heterocycles. The molecule has 0 spiro atoms. The normalized spacial score (nSPS) is 12.6. The molecule has 19 heteroatoms. The lowest BCUT2D eigenvalue weighted by Gasteiger charge is -2.20. The molecule has 2 atom stereocenters. The number of ether oxygens (including phenoxy) is 7. The molecule has 2 N–H and O–H groups in total. The molecule has 0 rings (SSSR count). The average molecular weight is 1010 g/mol. The molecule has 0 saturated carbocycles. The van der Waals surface area contributed by atoms with Gasteiger partial charge in [0, 0.05) is 37.3 Å². The Labute approximate surface area is 416 Å². The Bertz CT molecular complexity index is 1270. The summed E-state index contributed by atoms with van der Waals surface area (Å²) in [6, 6.07) is 0. The number of rotatable bonds is 56. The molecular weight excluding hydrogens is 912 g/mol. The molecule has 0 aromatic rings. The van der Waals surface area contributed by atoms with Crippen LogP contribution in [0.25, 0.3) is 10.4 Å². The molecule has 0 aromatic carbocycles. The zero-order valence-electron chi connectivity index (χ0n) is 43.2. The van der Waals surface area contributed by atoms with Crippen LogP contribution >= 0.6 is 7.82 Å². The Balaban J connectivity index is 4.39. The first-order valence-corrected chi connectivity index (χ1v) is 28.4. The van der Waals surface area contributed by atoms with Crippen molar-refractivity contribution in [3.8, 4) is 0 Å². The lowest BCUT2D eigenvalue weighted by atomic mass is 10.0. The summed E-state index contributed by atoms with van der Waals surface area (Å²) < 4.78 is 60.8. The first-order chi connectivity index (χ1) is 33.7. The highest BCUT2D eigenvalue weighted by Gasteiger charge is 2.26. The topological polar surface area (TPSA) is 232 Å². The van der Waals surface area contributed by atoms with Gasteiger partial charge in [0.05, 0.1) is 79.3 Å². The van der Waals surface area contributed by atoms with Crippen molar-refractivity contribution in [3.05, 3.63) is 10.4 Å². The van der Waals surface area contributed by atoms with E-state index in [9.17, 15) is 23.8 Å². The third kappa shape index (κ3) is 53.3. The number of amides is 1. The maximum atomic E-state index is 12.8. The number of carbonyl (C=O) groups excluding carboxylic acids is 3. The number of esters is 2. The highest BCUT2D eigenvalue weighted by molar-refractivity contribution is 7.47. The number of nitrogens with zero attached hydrogens (tertiary/aromatic N) is 3. The van der Waals surface area contributed by atoms with Crippen molar-refractivity contribution in [1.29, 1.82) is 0 Å². The van der Waals surface area contributed by atoms with E-state index in [0.717, 1.165) is 38.5 Å². The average Bonchev–Trinajstić information content (AvgIpc) is 3.33. The minimum atomic E-state index is -4.60. The maximum absolute atomic E-state index is 12.8. The van der Waals surface area contributed by atoms with E-state index in [4.69, 9.17) is 47.7 Å². The fraction of sp³-hybridized carbons (Fsp3) is 0.940. The second kappa shape index (κ2) is 53.4. The van der Waals surface area contributed by atoms with Crippen molar-refractivity contribution in [3.63, 3.8) is 0 Å². The zero-order chi connectivity index (χ0) is 50.4.